The number of alkyl halides is 2. The fraction of sp³-hybridized carbons (Fsp3) is 0.571. The number of carbonyl (C=O) groups is 1. The van der Waals surface area contributed by atoms with Crippen LogP contribution in [0.5, 0.6) is 0 Å². The van der Waals surface area contributed by atoms with Crippen LogP contribution in [0, 0.1) is 13.8 Å². The predicted octanol–water partition coefficient (Wildman–Crippen LogP) is 3.07. The van der Waals surface area contributed by atoms with E-state index in [0.717, 1.165) is 21.9 Å². The highest BCUT2D eigenvalue weighted by atomic mass is 19.3. The van der Waals surface area contributed by atoms with Gasteiger partial charge in [-0.05, 0) is 38.0 Å². The summed E-state index contributed by atoms with van der Waals surface area (Å²) in [4.78, 5) is 17.1. The highest BCUT2D eigenvalue weighted by molar-refractivity contribution is 5.67. The van der Waals surface area contributed by atoms with Crippen molar-refractivity contribution in [1.82, 2.24) is 9.88 Å². The smallest absolute Gasteiger partial charge is 0.410 e. The molecular formula is C14H18F2N2O2. The zero-order valence-electron chi connectivity index (χ0n) is 11.7. The maximum atomic E-state index is 13.2. The van der Waals surface area contributed by atoms with Gasteiger partial charge >= 0.3 is 6.09 Å². The molecule has 0 N–H and O–H groups in total. The van der Waals surface area contributed by atoms with Gasteiger partial charge in [-0.2, -0.15) is 0 Å². The van der Waals surface area contributed by atoms with E-state index in [-0.39, 0.29) is 13.0 Å². The van der Waals surface area contributed by atoms with Gasteiger partial charge in [0.1, 0.15) is 6.61 Å². The minimum absolute atomic E-state index is 0.0745. The number of pyridine rings is 1. The Morgan fingerprint density at radius 1 is 1.40 bits per heavy atom. The molecule has 1 saturated heterocycles. The van der Waals surface area contributed by atoms with Crippen molar-refractivity contribution in [3.63, 3.8) is 0 Å². The normalized spacial score (nSPS) is 17.9. The van der Waals surface area contributed by atoms with E-state index in [1.54, 1.807) is 0 Å². The van der Waals surface area contributed by atoms with E-state index in [2.05, 4.69) is 4.98 Å². The molecule has 0 saturated carbocycles. The molecule has 1 aliphatic heterocycles. The van der Waals surface area contributed by atoms with Crippen molar-refractivity contribution < 1.29 is 18.3 Å². The van der Waals surface area contributed by atoms with Crippen LogP contribution in [0.4, 0.5) is 13.6 Å². The van der Waals surface area contributed by atoms with Gasteiger partial charge in [-0.1, -0.05) is 0 Å². The average molecular weight is 284 g/mol. The summed E-state index contributed by atoms with van der Waals surface area (Å²) in [6.45, 7) is 3.54. The standard InChI is InChI=1S/C14H18F2N2O2/c1-10-6-12(7-11(2)17-10)8-20-13(19)18-5-3-4-14(15,16)9-18/h6-7H,3-5,8-9H2,1-2H3. The van der Waals surface area contributed by atoms with E-state index in [9.17, 15) is 13.6 Å². The zero-order chi connectivity index (χ0) is 14.8. The molecule has 1 aromatic heterocycles. The third-order valence-electron chi connectivity index (χ3n) is 3.15. The Labute approximate surface area is 116 Å². The molecule has 1 aliphatic rings. The fourth-order valence-corrected chi connectivity index (χ4v) is 2.36. The number of hydrogen-bond acceptors (Lipinski definition) is 3. The molecule has 110 valence electrons. The predicted molar refractivity (Wildman–Crippen MR) is 69.7 cm³/mol. The maximum absolute atomic E-state index is 13.2. The number of aromatic nitrogens is 1. The average Bonchev–Trinajstić information content (AvgIpc) is 2.33. The van der Waals surface area contributed by atoms with Crippen molar-refractivity contribution in [3.8, 4) is 0 Å². The number of hydrogen-bond donors (Lipinski definition) is 0. The number of piperidine rings is 1. The Bertz CT molecular complexity index is 486. The number of nitrogens with zero attached hydrogens (tertiary/aromatic N) is 2. The third-order valence-corrected chi connectivity index (χ3v) is 3.15. The molecule has 0 bridgehead atoms. The summed E-state index contributed by atoms with van der Waals surface area (Å²) in [6, 6.07) is 3.62. The van der Waals surface area contributed by atoms with Crippen LogP contribution in [0.1, 0.15) is 29.8 Å². The largest absolute Gasteiger partial charge is 0.445 e. The summed E-state index contributed by atoms with van der Waals surface area (Å²) in [6.07, 6.45) is -0.550. The minimum atomic E-state index is -2.80. The van der Waals surface area contributed by atoms with Crippen LogP contribution < -0.4 is 0 Å². The van der Waals surface area contributed by atoms with Crippen LogP contribution in [0.25, 0.3) is 0 Å². The van der Waals surface area contributed by atoms with Gasteiger partial charge in [0.2, 0.25) is 0 Å². The molecule has 0 aromatic carbocycles. The molecule has 20 heavy (non-hydrogen) atoms. The molecule has 0 spiro atoms. The quantitative estimate of drug-likeness (QED) is 0.838. The van der Waals surface area contributed by atoms with E-state index in [4.69, 9.17) is 4.74 Å². The molecule has 2 heterocycles. The van der Waals surface area contributed by atoms with Crippen molar-refractivity contribution in [3.05, 3.63) is 29.1 Å². The van der Waals surface area contributed by atoms with E-state index in [1.165, 1.54) is 0 Å². The fourth-order valence-electron chi connectivity index (χ4n) is 2.36. The Balaban J connectivity index is 1.91. The van der Waals surface area contributed by atoms with Gasteiger partial charge in [-0.15, -0.1) is 0 Å². The summed E-state index contributed by atoms with van der Waals surface area (Å²) in [5.41, 5.74) is 2.48. The third kappa shape index (κ3) is 3.88. The van der Waals surface area contributed by atoms with Crippen molar-refractivity contribution in [2.45, 2.75) is 39.2 Å². The number of rotatable bonds is 2. The van der Waals surface area contributed by atoms with Crippen LogP contribution in [-0.2, 0) is 11.3 Å². The highest BCUT2D eigenvalue weighted by Crippen LogP contribution is 2.26. The molecular weight excluding hydrogens is 266 g/mol. The monoisotopic (exact) mass is 284 g/mol. The van der Waals surface area contributed by atoms with Gasteiger partial charge < -0.3 is 9.64 Å². The summed E-state index contributed by atoms with van der Waals surface area (Å²) in [5, 5.41) is 0. The molecule has 0 aliphatic carbocycles. The molecule has 1 aromatic rings. The van der Waals surface area contributed by atoms with Gasteiger partial charge in [0.05, 0.1) is 6.54 Å². The molecule has 0 atom stereocenters. The van der Waals surface area contributed by atoms with E-state index in [0.29, 0.717) is 13.0 Å². The first-order valence-electron chi connectivity index (χ1n) is 6.59. The lowest BCUT2D eigenvalue weighted by molar-refractivity contribution is -0.0611. The van der Waals surface area contributed by atoms with E-state index < -0.39 is 18.6 Å². The molecule has 6 heteroatoms. The summed E-state index contributed by atoms with van der Waals surface area (Å²) in [7, 11) is 0. The number of aryl methyl sites for hydroxylation is 2. The van der Waals surface area contributed by atoms with Crippen LogP contribution in [0.2, 0.25) is 0 Å². The Hall–Kier alpha value is -1.72. The maximum Gasteiger partial charge on any atom is 0.410 e. The van der Waals surface area contributed by atoms with Crippen molar-refractivity contribution in [2.75, 3.05) is 13.1 Å². The van der Waals surface area contributed by atoms with Gasteiger partial charge in [-0.3, -0.25) is 4.98 Å². The number of amides is 1. The summed E-state index contributed by atoms with van der Waals surface area (Å²) >= 11 is 0. The van der Waals surface area contributed by atoms with Crippen molar-refractivity contribution >= 4 is 6.09 Å². The van der Waals surface area contributed by atoms with Gasteiger partial charge in [0.15, 0.2) is 0 Å². The van der Waals surface area contributed by atoms with Crippen LogP contribution in [-0.4, -0.2) is 35.0 Å². The van der Waals surface area contributed by atoms with Crippen molar-refractivity contribution in [2.24, 2.45) is 0 Å². The van der Waals surface area contributed by atoms with Crippen LogP contribution in [0.3, 0.4) is 0 Å². The lowest BCUT2D eigenvalue weighted by atomic mass is 10.1. The van der Waals surface area contributed by atoms with Gasteiger partial charge in [0.25, 0.3) is 5.92 Å². The Morgan fingerprint density at radius 2 is 2.05 bits per heavy atom. The number of halogens is 2. The molecule has 0 unspecified atom stereocenters. The lowest BCUT2D eigenvalue weighted by Crippen LogP contribution is -2.45. The first-order valence-corrected chi connectivity index (χ1v) is 6.59. The van der Waals surface area contributed by atoms with E-state index in [1.807, 2.05) is 26.0 Å². The Kier molecular flexibility index (Phi) is 4.20. The second-order valence-corrected chi connectivity index (χ2v) is 5.19. The van der Waals surface area contributed by atoms with Crippen molar-refractivity contribution in [1.29, 1.82) is 0 Å². The molecule has 4 nitrogen and oxygen atoms in total. The zero-order valence-corrected chi connectivity index (χ0v) is 11.7. The lowest BCUT2D eigenvalue weighted by Gasteiger charge is -2.31. The topological polar surface area (TPSA) is 42.4 Å². The van der Waals surface area contributed by atoms with E-state index >= 15 is 0 Å². The molecule has 0 radical (unpaired) electrons. The SMILES string of the molecule is Cc1cc(COC(=O)N2CCCC(F)(F)C2)cc(C)n1. The second-order valence-electron chi connectivity index (χ2n) is 5.19. The first-order chi connectivity index (χ1) is 9.35. The molecule has 1 fully saturated rings. The second kappa shape index (κ2) is 5.73. The number of likely N-dealkylation sites (tertiary alicyclic amines) is 1. The molecule has 1 amide bonds. The number of ether oxygens (including phenoxy) is 1. The van der Waals surface area contributed by atoms with Crippen LogP contribution in [0.15, 0.2) is 12.1 Å². The molecule has 2 rings (SSSR count). The minimum Gasteiger partial charge on any atom is -0.445 e. The summed E-state index contributed by atoms with van der Waals surface area (Å²) in [5.74, 6) is -2.80. The Morgan fingerprint density at radius 3 is 2.65 bits per heavy atom. The highest BCUT2D eigenvalue weighted by Gasteiger charge is 2.37. The first kappa shape index (κ1) is 14.7. The van der Waals surface area contributed by atoms with Crippen LogP contribution >= 0.6 is 0 Å². The van der Waals surface area contributed by atoms with Gasteiger partial charge in [0, 0.05) is 24.4 Å². The summed E-state index contributed by atoms with van der Waals surface area (Å²) < 4.78 is 31.5. The number of carbonyl (C=O) groups excluding carboxylic acids is 1. The van der Waals surface area contributed by atoms with Gasteiger partial charge in [-0.25, -0.2) is 13.6 Å².